The second kappa shape index (κ2) is 9.72. The molecule has 7 nitrogen and oxygen atoms in total. The lowest BCUT2D eigenvalue weighted by Crippen LogP contribution is -2.49. The summed E-state index contributed by atoms with van der Waals surface area (Å²) in [4.78, 5) is 18.0. The Balaban J connectivity index is 1.52. The number of aliphatic hydroxyl groups excluding tert-OH is 1. The zero-order chi connectivity index (χ0) is 21.8. The van der Waals surface area contributed by atoms with Crippen molar-refractivity contribution < 1.29 is 9.50 Å². The van der Waals surface area contributed by atoms with Gasteiger partial charge in [-0.15, -0.1) is 6.58 Å². The van der Waals surface area contributed by atoms with Gasteiger partial charge in [-0.2, -0.15) is 0 Å². The van der Waals surface area contributed by atoms with Gasteiger partial charge >= 0.3 is 0 Å². The molecule has 1 aliphatic rings. The number of likely N-dealkylation sites (tertiary alicyclic amines) is 1. The molecule has 1 aliphatic heterocycles. The summed E-state index contributed by atoms with van der Waals surface area (Å²) < 4.78 is 14.5. The van der Waals surface area contributed by atoms with Crippen LogP contribution in [0.1, 0.15) is 32.1 Å². The number of fused-ring (bicyclic) bond motifs is 1. The topological polar surface area (TPSA) is 90.0 Å². The first-order valence-electron chi connectivity index (χ1n) is 10.5. The number of aliphatic hydroxyl groups is 1. The van der Waals surface area contributed by atoms with E-state index in [1.165, 1.54) is 6.20 Å². The molecular formula is C22H26ClFN6O. The van der Waals surface area contributed by atoms with Crippen LogP contribution in [0.5, 0.6) is 0 Å². The molecule has 0 aliphatic carbocycles. The predicted molar refractivity (Wildman–Crippen MR) is 120 cm³/mol. The first-order valence-corrected chi connectivity index (χ1v) is 10.9. The number of hydrogen-bond donors (Lipinski definition) is 3. The maximum Gasteiger partial charge on any atom is 0.183 e. The molecule has 2 atom stereocenters. The van der Waals surface area contributed by atoms with Crippen molar-refractivity contribution in [3.05, 3.63) is 48.2 Å². The van der Waals surface area contributed by atoms with Crippen LogP contribution in [0.3, 0.4) is 0 Å². The zero-order valence-corrected chi connectivity index (χ0v) is 17.9. The van der Waals surface area contributed by atoms with Gasteiger partial charge in [-0.25, -0.2) is 19.3 Å². The fraction of sp³-hybridized carbons (Fsp3) is 0.409. The Bertz CT molecular complexity index is 1060. The van der Waals surface area contributed by atoms with Gasteiger partial charge in [0.1, 0.15) is 11.9 Å². The van der Waals surface area contributed by atoms with Crippen LogP contribution in [0.15, 0.2) is 37.3 Å². The highest BCUT2D eigenvalue weighted by molar-refractivity contribution is 6.31. The summed E-state index contributed by atoms with van der Waals surface area (Å²) in [5.74, 6) is 0.000454. The monoisotopic (exact) mass is 444 g/mol. The quantitative estimate of drug-likeness (QED) is 0.447. The van der Waals surface area contributed by atoms with E-state index in [9.17, 15) is 9.50 Å². The van der Waals surface area contributed by atoms with Gasteiger partial charge in [-0.3, -0.25) is 4.90 Å². The zero-order valence-electron chi connectivity index (χ0n) is 17.2. The summed E-state index contributed by atoms with van der Waals surface area (Å²) in [6.45, 7) is 5.03. The lowest BCUT2D eigenvalue weighted by molar-refractivity contribution is -0.0409. The largest absolute Gasteiger partial charge is 0.378 e. The Morgan fingerprint density at radius 1 is 1.39 bits per heavy atom. The molecule has 3 aromatic rings. The van der Waals surface area contributed by atoms with Gasteiger partial charge in [0.2, 0.25) is 0 Å². The summed E-state index contributed by atoms with van der Waals surface area (Å²) in [5.41, 5.74) is 1.36. The third-order valence-electron chi connectivity index (χ3n) is 5.67. The molecule has 1 saturated heterocycles. The van der Waals surface area contributed by atoms with Gasteiger partial charge in [0.05, 0.1) is 11.2 Å². The summed E-state index contributed by atoms with van der Waals surface area (Å²) in [6.07, 6.45) is 10.2. The number of allylic oxidation sites excluding steroid dienone is 1. The van der Waals surface area contributed by atoms with E-state index in [4.69, 9.17) is 11.6 Å². The fourth-order valence-electron chi connectivity index (χ4n) is 4.07. The molecule has 1 fully saturated rings. The number of H-pyrrole nitrogens is 1. The van der Waals surface area contributed by atoms with E-state index >= 15 is 0 Å². The van der Waals surface area contributed by atoms with Crippen LogP contribution in [-0.4, -0.2) is 55.3 Å². The number of halogens is 2. The minimum Gasteiger partial charge on any atom is -0.378 e. The van der Waals surface area contributed by atoms with E-state index in [1.54, 1.807) is 18.5 Å². The highest BCUT2D eigenvalue weighted by Gasteiger charge is 2.27. The Kier molecular flexibility index (Phi) is 6.80. The molecule has 0 bridgehead atoms. The van der Waals surface area contributed by atoms with Gasteiger partial charge in [0.15, 0.2) is 17.5 Å². The van der Waals surface area contributed by atoms with Crippen LogP contribution in [0.4, 0.5) is 10.2 Å². The lowest BCUT2D eigenvalue weighted by Gasteiger charge is -2.39. The van der Waals surface area contributed by atoms with Crippen molar-refractivity contribution >= 4 is 28.5 Å². The van der Waals surface area contributed by atoms with E-state index in [0.717, 1.165) is 37.6 Å². The summed E-state index contributed by atoms with van der Waals surface area (Å²) in [7, 11) is 0. The van der Waals surface area contributed by atoms with Crippen molar-refractivity contribution in [2.45, 2.75) is 44.4 Å². The van der Waals surface area contributed by atoms with Gasteiger partial charge in [0.25, 0.3) is 0 Å². The molecule has 9 heteroatoms. The molecule has 0 spiro atoms. The van der Waals surface area contributed by atoms with E-state index in [1.807, 2.05) is 6.08 Å². The smallest absolute Gasteiger partial charge is 0.183 e. The second-order valence-corrected chi connectivity index (χ2v) is 8.19. The van der Waals surface area contributed by atoms with Crippen LogP contribution in [-0.2, 0) is 0 Å². The Morgan fingerprint density at radius 3 is 3.10 bits per heavy atom. The normalized spacial score (nSPS) is 18.2. The van der Waals surface area contributed by atoms with E-state index in [-0.39, 0.29) is 11.9 Å². The molecule has 3 aromatic heterocycles. The first-order chi connectivity index (χ1) is 15.1. The molecule has 4 heterocycles. The molecule has 0 saturated carbocycles. The number of pyridine rings is 1. The Hall–Kier alpha value is -2.55. The molecule has 0 radical (unpaired) electrons. The highest BCUT2D eigenvalue weighted by atomic mass is 35.5. The fourth-order valence-corrected chi connectivity index (χ4v) is 4.22. The third-order valence-corrected chi connectivity index (χ3v) is 5.88. The van der Waals surface area contributed by atoms with Gasteiger partial charge in [-0.05, 0) is 31.7 Å². The maximum absolute atomic E-state index is 14.5. The molecule has 31 heavy (non-hydrogen) atoms. The minimum absolute atomic E-state index is 0.0995. The van der Waals surface area contributed by atoms with E-state index in [0.29, 0.717) is 35.0 Å². The number of nitrogens with one attached hydrogen (secondary N) is 2. The number of piperidine rings is 1. The Morgan fingerprint density at radius 2 is 2.26 bits per heavy atom. The summed E-state index contributed by atoms with van der Waals surface area (Å²) >= 11 is 6.08. The number of hydrogen-bond acceptors (Lipinski definition) is 6. The molecular weight excluding hydrogens is 419 g/mol. The number of anilines is 1. The number of aromatic amines is 1. The summed E-state index contributed by atoms with van der Waals surface area (Å²) in [6, 6.07) is 1.88. The van der Waals surface area contributed by atoms with Crippen molar-refractivity contribution in [2.75, 3.05) is 18.4 Å². The van der Waals surface area contributed by atoms with Crippen LogP contribution >= 0.6 is 11.6 Å². The van der Waals surface area contributed by atoms with Crippen molar-refractivity contribution in [1.82, 2.24) is 24.8 Å². The van der Waals surface area contributed by atoms with Crippen LogP contribution < -0.4 is 5.32 Å². The lowest BCUT2D eigenvalue weighted by atomic mass is 10.0. The first kappa shape index (κ1) is 21.7. The third kappa shape index (κ3) is 4.87. The molecule has 0 aromatic carbocycles. The van der Waals surface area contributed by atoms with Gasteiger partial charge < -0.3 is 15.4 Å². The number of rotatable bonds is 8. The summed E-state index contributed by atoms with van der Waals surface area (Å²) in [5, 5.41) is 15.0. The van der Waals surface area contributed by atoms with Crippen molar-refractivity contribution in [3.63, 3.8) is 0 Å². The average Bonchev–Trinajstić information content (AvgIpc) is 3.20. The van der Waals surface area contributed by atoms with Crippen molar-refractivity contribution in [3.8, 4) is 11.4 Å². The van der Waals surface area contributed by atoms with Crippen molar-refractivity contribution in [1.29, 1.82) is 0 Å². The van der Waals surface area contributed by atoms with Gasteiger partial charge in [-0.1, -0.05) is 24.1 Å². The standard InChI is InChI=1S/C22H26ClFN6O/c1-2-3-7-19(31)30-8-5-4-6-15(30)11-26-22-18(24)13-28-21(29-22)17-12-27-20-16(17)9-14(23)10-25-20/h2,9-10,12-13,15,19,31H,1,3-8,11H2,(H,25,27)(H,26,28,29)/t15-,19?/m1/s1. The molecule has 164 valence electrons. The highest BCUT2D eigenvalue weighted by Crippen LogP contribution is 2.28. The van der Waals surface area contributed by atoms with Gasteiger partial charge in [0, 0.05) is 42.5 Å². The van der Waals surface area contributed by atoms with Crippen LogP contribution in [0.2, 0.25) is 5.02 Å². The second-order valence-electron chi connectivity index (χ2n) is 7.76. The molecule has 4 rings (SSSR count). The van der Waals surface area contributed by atoms with E-state index < -0.39 is 12.0 Å². The predicted octanol–water partition coefficient (Wildman–Crippen LogP) is 4.36. The molecule has 1 unspecified atom stereocenters. The number of nitrogens with zero attached hydrogens (tertiary/aromatic N) is 4. The van der Waals surface area contributed by atoms with Crippen LogP contribution in [0, 0.1) is 5.82 Å². The van der Waals surface area contributed by atoms with Crippen LogP contribution in [0.25, 0.3) is 22.4 Å². The molecule has 0 amide bonds. The average molecular weight is 445 g/mol. The minimum atomic E-state index is -0.528. The van der Waals surface area contributed by atoms with E-state index in [2.05, 4.69) is 36.7 Å². The molecule has 3 N–H and O–H groups in total. The number of aromatic nitrogens is 4. The van der Waals surface area contributed by atoms with Crippen molar-refractivity contribution in [2.24, 2.45) is 0 Å². The SMILES string of the molecule is C=CCCC(O)N1CCCC[C@@H]1CNc1nc(-c2c[nH]c3ncc(Cl)cc23)ncc1F. The maximum atomic E-state index is 14.5. The Labute approximate surface area is 185 Å².